The molecule has 0 atom stereocenters. The fraction of sp³-hybridized carbons (Fsp3) is 0.429. The molecule has 1 saturated carbocycles. The third-order valence-electron chi connectivity index (χ3n) is 5.20. The summed E-state index contributed by atoms with van der Waals surface area (Å²) in [7, 11) is 0. The summed E-state index contributed by atoms with van der Waals surface area (Å²) >= 11 is 6.51. The molecule has 4 rings (SSSR count). The summed E-state index contributed by atoms with van der Waals surface area (Å²) < 4.78 is 0. The van der Waals surface area contributed by atoms with Gasteiger partial charge < -0.3 is 10.2 Å². The van der Waals surface area contributed by atoms with Crippen LogP contribution in [0.2, 0.25) is 5.02 Å². The molecule has 3 nitrogen and oxygen atoms in total. The van der Waals surface area contributed by atoms with Crippen LogP contribution in [0, 0.1) is 0 Å². The van der Waals surface area contributed by atoms with Gasteiger partial charge in [-0.1, -0.05) is 48.0 Å². The van der Waals surface area contributed by atoms with Crippen molar-refractivity contribution in [2.24, 2.45) is 0 Å². The monoisotopic (exact) mass is 355 g/mol. The zero-order chi connectivity index (χ0) is 17.1. The van der Waals surface area contributed by atoms with Crippen LogP contribution in [0.25, 0.3) is 0 Å². The summed E-state index contributed by atoms with van der Waals surface area (Å²) in [5, 5.41) is 4.50. The Morgan fingerprint density at radius 2 is 1.68 bits per heavy atom. The van der Waals surface area contributed by atoms with E-state index in [1.165, 1.54) is 29.7 Å². The van der Waals surface area contributed by atoms with E-state index < -0.39 is 0 Å². The van der Waals surface area contributed by atoms with Crippen molar-refractivity contribution in [1.29, 1.82) is 0 Å². The summed E-state index contributed by atoms with van der Waals surface area (Å²) in [5.41, 5.74) is 3.96. The highest BCUT2D eigenvalue weighted by Crippen LogP contribution is 2.30. The Morgan fingerprint density at radius 3 is 2.40 bits per heavy atom. The van der Waals surface area contributed by atoms with Gasteiger partial charge in [-0.05, 0) is 30.5 Å². The Morgan fingerprint density at radius 1 is 0.920 bits per heavy atom. The van der Waals surface area contributed by atoms with Gasteiger partial charge >= 0.3 is 0 Å². The molecule has 2 fully saturated rings. The molecular formula is C21H26ClN3. The molecule has 0 aromatic heterocycles. The van der Waals surface area contributed by atoms with Gasteiger partial charge in [-0.25, -0.2) is 0 Å². The van der Waals surface area contributed by atoms with Crippen LogP contribution in [0.15, 0.2) is 48.5 Å². The number of nitrogens with zero attached hydrogens (tertiary/aromatic N) is 2. The third-order valence-corrected chi connectivity index (χ3v) is 5.56. The van der Waals surface area contributed by atoms with E-state index in [9.17, 15) is 0 Å². The Balaban J connectivity index is 1.39. The molecule has 1 aliphatic carbocycles. The minimum absolute atomic E-state index is 0.701. The van der Waals surface area contributed by atoms with Crippen molar-refractivity contribution >= 4 is 17.3 Å². The summed E-state index contributed by atoms with van der Waals surface area (Å²) in [6.45, 7) is 6.23. The molecule has 1 aliphatic heterocycles. The van der Waals surface area contributed by atoms with Crippen LogP contribution in [0.5, 0.6) is 0 Å². The quantitative estimate of drug-likeness (QED) is 0.847. The van der Waals surface area contributed by atoms with E-state index in [-0.39, 0.29) is 0 Å². The van der Waals surface area contributed by atoms with Crippen LogP contribution in [-0.2, 0) is 13.1 Å². The van der Waals surface area contributed by atoms with E-state index in [1.54, 1.807) is 0 Å². The lowest BCUT2D eigenvalue weighted by Crippen LogP contribution is -2.46. The van der Waals surface area contributed by atoms with Crippen LogP contribution >= 0.6 is 11.6 Å². The molecule has 132 valence electrons. The van der Waals surface area contributed by atoms with Crippen molar-refractivity contribution in [2.45, 2.75) is 32.0 Å². The number of anilines is 1. The van der Waals surface area contributed by atoms with Gasteiger partial charge in [0.1, 0.15) is 0 Å². The number of nitrogens with one attached hydrogen (secondary N) is 1. The average Bonchev–Trinajstić information content (AvgIpc) is 3.47. The van der Waals surface area contributed by atoms with Gasteiger partial charge in [-0.15, -0.1) is 0 Å². The van der Waals surface area contributed by atoms with Gasteiger partial charge in [0.15, 0.2) is 0 Å². The molecule has 0 amide bonds. The van der Waals surface area contributed by atoms with E-state index in [0.717, 1.165) is 44.3 Å². The smallest absolute Gasteiger partial charge is 0.0471 e. The van der Waals surface area contributed by atoms with Gasteiger partial charge in [-0.2, -0.15) is 0 Å². The first-order chi connectivity index (χ1) is 12.3. The van der Waals surface area contributed by atoms with Crippen LogP contribution in [0.3, 0.4) is 0 Å². The van der Waals surface area contributed by atoms with Crippen molar-refractivity contribution in [3.05, 3.63) is 64.7 Å². The maximum absolute atomic E-state index is 6.51. The lowest BCUT2D eigenvalue weighted by molar-refractivity contribution is 0.249. The number of benzene rings is 2. The number of hydrogen-bond acceptors (Lipinski definition) is 3. The van der Waals surface area contributed by atoms with E-state index in [4.69, 9.17) is 11.6 Å². The SMILES string of the molecule is Clc1cccc(N2CCN(Cc3ccccc3)CC2)c1CNC1CC1. The second-order valence-electron chi connectivity index (χ2n) is 7.14. The number of piperazine rings is 1. The molecule has 0 spiro atoms. The molecule has 4 heteroatoms. The average molecular weight is 356 g/mol. The van der Waals surface area contributed by atoms with Crippen molar-refractivity contribution in [1.82, 2.24) is 10.2 Å². The van der Waals surface area contributed by atoms with Crippen molar-refractivity contribution in [3.8, 4) is 0 Å². The van der Waals surface area contributed by atoms with Crippen molar-refractivity contribution < 1.29 is 0 Å². The van der Waals surface area contributed by atoms with Gasteiger partial charge in [0, 0.05) is 61.6 Å². The number of hydrogen-bond donors (Lipinski definition) is 1. The molecule has 2 aromatic carbocycles. The summed E-state index contributed by atoms with van der Waals surface area (Å²) in [5.74, 6) is 0. The lowest BCUT2D eigenvalue weighted by atomic mass is 10.1. The fourth-order valence-corrected chi connectivity index (χ4v) is 3.78. The summed E-state index contributed by atoms with van der Waals surface area (Å²) in [6, 6.07) is 17.8. The highest BCUT2D eigenvalue weighted by Gasteiger charge is 2.23. The standard InChI is InChI=1S/C21H26ClN3/c22-20-7-4-8-21(19(20)15-23-18-9-10-18)25-13-11-24(12-14-25)16-17-5-2-1-3-6-17/h1-8,18,23H,9-16H2. The molecule has 1 saturated heterocycles. The minimum atomic E-state index is 0.701. The summed E-state index contributed by atoms with van der Waals surface area (Å²) in [4.78, 5) is 5.04. The van der Waals surface area contributed by atoms with Crippen molar-refractivity contribution in [3.63, 3.8) is 0 Å². The highest BCUT2D eigenvalue weighted by atomic mass is 35.5. The van der Waals surface area contributed by atoms with Gasteiger partial charge in [0.25, 0.3) is 0 Å². The first-order valence-electron chi connectivity index (χ1n) is 9.31. The van der Waals surface area contributed by atoms with Crippen LogP contribution in [-0.4, -0.2) is 37.1 Å². The van der Waals surface area contributed by atoms with Crippen molar-refractivity contribution in [2.75, 3.05) is 31.1 Å². The molecule has 25 heavy (non-hydrogen) atoms. The second kappa shape index (κ2) is 7.77. The molecule has 0 unspecified atom stereocenters. The zero-order valence-electron chi connectivity index (χ0n) is 14.6. The number of halogens is 1. The maximum Gasteiger partial charge on any atom is 0.0471 e. The first-order valence-corrected chi connectivity index (χ1v) is 9.69. The predicted molar refractivity (Wildman–Crippen MR) is 105 cm³/mol. The van der Waals surface area contributed by atoms with Crippen LogP contribution in [0.4, 0.5) is 5.69 Å². The second-order valence-corrected chi connectivity index (χ2v) is 7.55. The Hall–Kier alpha value is -1.55. The normalized spacial score (nSPS) is 18.5. The Labute approximate surface area is 155 Å². The predicted octanol–water partition coefficient (Wildman–Crippen LogP) is 3.91. The fourth-order valence-electron chi connectivity index (χ4n) is 3.54. The topological polar surface area (TPSA) is 18.5 Å². The molecule has 1 N–H and O–H groups in total. The van der Waals surface area contributed by atoms with E-state index in [1.807, 2.05) is 6.07 Å². The maximum atomic E-state index is 6.51. The van der Waals surface area contributed by atoms with E-state index in [2.05, 4.69) is 57.6 Å². The lowest BCUT2D eigenvalue weighted by Gasteiger charge is -2.37. The van der Waals surface area contributed by atoms with E-state index in [0.29, 0.717) is 6.04 Å². The molecule has 1 heterocycles. The highest BCUT2D eigenvalue weighted by molar-refractivity contribution is 6.31. The third kappa shape index (κ3) is 4.35. The van der Waals surface area contributed by atoms with Gasteiger partial charge in [-0.3, -0.25) is 4.90 Å². The molecule has 0 radical (unpaired) electrons. The molecule has 2 aliphatic rings. The number of rotatable bonds is 6. The zero-order valence-corrected chi connectivity index (χ0v) is 15.4. The van der Waals surface area contributed by atoms with Crippen LogP contribution < -0.4 is 10.2 Å². The minimum Gasteiger partial charge on any atom is -0.369 e. The molecule has 0 bridgehead atoms. The van der Waals surface area contributed by atoms with Gasteiger partial charge in [0.2, 0.25) is 0 Å². The Kier molecular flexibility index (Phi) is 5.25. The van der Waals surface area contributed by atoms with E-state index >= 15 is 0 Å². The molecule has 2 aromatic rings. The van der Waals surface area contributed by atoms with Crippen LogP contribution in [0.1, 0.15) is 24.0 Å². The molecular weight excluding hydrogens is 330 g/mol. The Bertz CT molecular complexity index is 692. The van der Waals surface area contributed by atoms with Gasteiger partial charge in [0.05, 0.1) is 0 Å². The first kappa shape index (κ1) is 16.9. The summed E-state index contributed by atoms with van der Waals surface area (Å²) in [6.07, 6.45) is 2.61. The largest absolute Gasteiger partial charge is 0.369 e.